The van der Waals surface area contributed by atoms with E-state index in [9.17, 15) is 9.59 Å². The molecule has 4 rings (SSSR count). The van der Waals surface area contributed by atoms with E-state index in [4.69, 9.17) is 4.74 Å². The van der Waals surface area contributed by atoms with Crippen molar-refractivity contribution in [2.75, 3.05) is 17.7 Å². The first kappa shape index (κ1) is 17.7. The van der Waals surface area contributed by atoms with Crippen molar-refractivity contribution < 1.29 is 14.3 Å². The topological polar surface area (TPSA) is 98.1 Å². The van der Waals surface area contributed by atoms with Crippen molar-refractivity contribution in [3.8, 4) is 17.1 Å². The van der Waals surface area contributed by atoms with Gasteiger partial charge in [-0.25, -0.2) is 4.68 Å². The summed E-state index contributed by atoms with van der Waals surface area (Å²) in [6.07, 6.45) is -0.0489. The monoisotopic (exact) mass is 377 g/mol. The summed E-state index contributed by atoms with van der Waals surface area (Å²) in [4.78, 5) is 29.1. The number of rotatable bonds is 5. The number of fused-ring (bicyclic) bond motifs is 1. The fourth-order valence-electron chi connectivity index (χ4n) is 3.02. The molecule has 0 aliphatic carbocycles. The number of methoxy groups -OCH3 is 1. The van der Waals surface area contributed by atoms with Gasteiger partial charge in [-0.1, -0.05) is 35.9 Å². The lowest BCUT2D eigenvalue weighted by Crippen LogP contribution is -2.23. The summed E-state index contributed by atoms with van der Waals surface area (Å²) >= 11 is 0. The van der Waals surface area contributed by atoms with Crippen LogP contribution in [0.4, 0.5) is 11.6 Å². The molecule has 8 heteroatoms. The minimum atomic E-state index is -0.743. The van der Waals surface area contributed by atoms with Gasteiger partial charge >= 0.3 is 0 Å². The number of ether oxygens (including phenoxy) is 1. The Morgan fingerprint density at radius 2 is 2.04 bits per heavy atom. The van der Waals surface area contributed by atoms with Crippen molar-refractivity contribution in [2.24, 2.45) is 0 Å². The molecular weight excluding hydrogens is 358 g/mol. The number of hydrogen-bond acceptors (Lipinski definition) is 5. The molecule has 3 aromatic rings. The van der Waals surface area contributed by atoms with Gasteiger partial charge in [-0.05, 0) is 19.1 Å². The highest BCUT2D eigenvalue weighted by Crippen LogP contribution is 2.28. The molecule has 0 saturated carbocycles. The molecule has 1 aromatic heterocycles. The van der Waals surface area contributed by atoms with Crippen LogP contribution in [-0.2, 0) is 9.59 Å². The highest BCUT2D eigenvalue weighted by atomic mass is 16.5. The largest absolute Gasteiger partial charge is 0.497 e. The first-order valence-electron chi connectivity index (χ1n) is 8.82. The molecule has 0 saturated heterocycles. The Labute approximate surface area is 161 Å². The summed E-state index contributed by atoms with van der Waals surface area (Å²) in [5, 5.41) is 9.90. The Bertz CT molecular complexity index is 1040. The quantitative estimate of drug-likeness (QED) is 0.712. The highest BCUT2D eigenvalue weighted by Gasteiger charge is 2.35. The van der Waals surface area contributed by atoms with Crippen LogP contribution in [0.1, 0.15) is 18.0 Å². The zero-order valence-corrected chi connectivity index (χ0v) is 15.5. The Kier molecular flexibility index (Phi) is 4.52. The number of anilines is 2. The number of carbonyl (C=O) groups is 2. The third-order valence-corrected chi connectivity index (χ3v) is 4.51. The fraction of sp³-hybridized carbons (Fsp3) is 0.200. The number of amides is 2. The second kappa shape index (κ2) is 7.15. The van der Waals surface area contributed by atoms with Crippen LogP contribution in [0.25, 0.3) is 11.4 Å². The van der Waals surface area contributed by atoms with E-state index in [1.807, 2.05) is 31.2 Å². The molecule has 0 fully saturated rings. The molecule has 2 heterocycles. The third kappa shape index (κ3) is 3.44. The normalized spacial score (nSPS) is 15.1. The molecule has 1 aliphatic heterocycles. The van der Waals surface area contributed by atoms with E-state index in [1.165, 1.54) is 4.68 Å². The molecule has 2 aromatic carbocycles. The van der Waals surface area contributed by atoms with Gasteiger partial charge in [0.25, 0.3) is 5.91 Å². The van der Waals surface area contributed by atoms with Crippen molar-refractivity contribution in [2.45, 2.75) is 19.4 Å². The van der Waals surface area contributed by atoms with Crippen molar-refractivity contribution in [1.29, 1.82) is 0 Å². The summed E-state index contributed by atoms with van der Waals surface area (Å²) in [6, 6.07) is 14.1. The van der Waals surface area contributed by atoms with E-state index in [-0.39, 0.29) is 18.2 Å². The number of benzene rings is 2. The van der Waals surface area contributed by atoms with E-state index in [0.29, 0.717) is 23.2 Å². The summed E-state index contributed by atoms with van der Waals surface area (Å²) in [6.45, 7) is 2.00. The second-order valence-corrected chi connectivity index (χ2v) is 6.56. The standard InChI is InChI=1S/C20H19N5O3/c1-12-6-8-13(9-7-12)18-22-20-23-19(27)16(25(20)24-18)11-17(26)21-14-4-3-5-15(10-14)28-2/h3-10,16H,11H2,1-2H3,(H,21,26)(H,22,23,24,27)/t16-/m0/s1. The van der Waals surface area contributed by atoms with E-state index in [2.05, 4.69) is 20.7 Å². The van der Waals surface area contributed by atoms with Crippen LogP contribution < -0.4 is 15.4 Å². The van der Waals surface area contributed by atoms with Gasteiger partial charge in [0, 0.05) is 17.3 Å². The second-order valence-electron chi connectivity index (χ2n) is 6.56. The van der Waals surface area contributed by atoms with Crippen LogP contribution >= 0.6 is 0 Å². The number of carbonyl (C=O) groups excluding carboxylic acids is 2. The van der Waals surface area contributed by atoms with Gasteiger partial charge in [0.1, 0.15) is 11.8 Å². The Balaban J connectivity index is 1.51. The summed E-state index contributed by atoms with van der Waals surface area (Å²) in [7, 11) is 1.56. The van der Waals surface area contributed by atoms with E-state index in [0.717, 1.165) is 11.1 Å². The number of hydrogen-bond donors (Lipinski definition) is 2. The van der Waals surface area contributed by atoms with Crippen LogP contribution in [0, 0.1) is 6.92 Å². The highest BCUT2D eigenvalue weighted by molar-refractivity contribution is 6.01. The molecule has 142 valence electrons. The zero-order chi connectivity index (χ0) is 19.7. The molecule has 28 heavy (non-hydrogen) atoms. The van der Waals surface area contributed by atoms with Crippen molar-refractivity contribution in [1.82, 2.24) is 14.8 Å². The maximum absolute atomic E-state index is 12.4. The molecule has 1 atom stereocenters. The minimum Gasteiger partial charge on any atom is -0.497 e. The molecule has 0 radical (unpaired) electrons. The average molecular weight is 377 g/mol. The van der Waals surface area contributed by atoms with Gasteiger partial charge < -0.3 is 10.1 Å². The fourth-order valence-corrected chi connectivity index (χ4v) is 3.02. The zero-order valence-electron chi connectivity index (χ0n) is 15.5. The molecule has 1 aliphatic rings. The SMILES string of the molecule is COc1cccc(NC(=O)C[C@H]2C(=O)Nc3nc(-c4ccc(C)cc4)nn32)c1. The Morgan fingerprint density at radius 1 is 1.25 bits per heavy atom. The maximum atomic E-state index is 12.4. The van der Waals surface area contributed by atoms with Crippen LogP contribution in [0.2, 0.25) is 0 Å². The minimum absolute atomic E-state index is 0.0489. The van der Waals surface area contributed by atoms with Crippen LogP contribution in [0.3, 0.4) is 0 Å². The maximum Gasteiger partial charge on any atom is 0.252 e. The van der Waals surface area contributed by atoms with Crippen LogP contribution in [-0.4, -0.2) is 33.7 Å². The lowest BCUT2D eigenvalue weighted by molar-refractivity contribution is -0.123. The van der Waals surface area contributed by atoms with Crippen LogP contribution in [0.15, 0.2) is 48.5 Å². The van der Waals surface area contributed by atoms with Crippen LogP contribution in [0.5, 0.6) is 5.75 Å². The molecule has 0 bridgehead atoms. The lowest BCUT2D eigenvalue weighted by atomic mass is 10.1. The molecular formula is C20H19N5O3. The Morgan fingerprint density at radius 3 is 2.79 bits per heavy atom. The van der Waals surface area contributed by atoms with Gasteiger partial charge in [-0.15, -0.1) is 5.10 Å². The molecule has 2 N–H and O–H groups in total. The molecule has 0 unspecified atom stereocenters. The van der Waals surface area contributed by atoms with Crippen molar-refractivity contribution >= 4 is 23.5 Å². The molecule has 8 nitrogen and oxygen atoms in total. The summed E-state index contributed by atoms with van der Waals surface area (Å²) < 4.78 is 6.62. The number of aryl methyl sites for hydroxylation is 1. The van der Waals surface area contributed by atoms with E-state index < -0.39 is 6.04 Å². The summed E-state index contributed by atoms with van der Waals surface area (Å²) in [5.41, 5.74) is 2.58. The number of nitrogens with one attached hydrogen (secondary N) is 2. The average Bonchev–Trinajstić information content (AvgIpc) is 3.21. The molecule has 2 amide bonds. The third-order valence-electron chi connectivity index (χ3n) is 4.51. The Hall–Kier alpha value is -3.68. The first-order valence-corrected chi connectivity index (χ1v) is 8.82. The predicted molar refractivity (Wildman–Crippen MR) is 104 cm³/mol. The van der Waals surface area contributed by atoms with Crippen molar-refractivity contribution in [3.05, 3.63) is 54.1 Å². The lowest BCUT2D eigenvalue weighted by Gasteiger charge is -2.10. The number of nitrogens with zero attached hydrogens (tertiary/aromatic N) is 3. The summed E-state index contributed by atoms with van der Waals surface area (Å²) in [5.74, 6) is 0.894. The van der Waals surface area contributed by atoms with Gasteiger partial charge in [-0.2, -0.15) is 4.98 Å². The first-order chi connectivity index (χ1) is 13.5. The van der Waals surface area contributed by atoms with Gasteiger partial charge in [-0.3, -0.25) is 14.9 Å². The van der Waals surface area contributed by atoms with Gasteiger partial charge in [0.05, 0.1) is 13.5 Å². The smallest absolute Gasteiger partial charge is 0.252 e. The van der Waals surface area contributed by atoms with Gasteiger partial charge in [0.2, 0.25) is 11.9 Å². The van der Waals surface area contributed by atoms with Gasteiger partial charge in [0.15, 0.2) is 5.82 Å². The van der Waals surface area contributed by atoms with E-state index >= 15 is 0 Å². The predicted octanol–water partition coefficient (Wildman–Crippen LogP) is 2.78. The number of aromatic nitrogens is 3. The molecule has 0 spiro atoms. The van der Waals surface area contributed by atoms with Crippen molar-refractivity contribution in [3.63, 3.8) is 0 Å². The van der Waals surface area contributed by atoms with E-state index in [1.54, 1.807) is 31.4 Å².